The van der Waals surface area contributed by atoms with Crippen molar-refractivity contribution in [1.29, 1.82) is 0 Å². The van der Waals surface area contributed by atoms with E-state index in [0.717, 1.165) is 36.9 Å². The zero-order chi connectivity index (χ0) is 20.6. The van der Waals surface area contributed by atoms with Crippen molar-refractivity contribution >= 4 is 10.0 Å². The predicted molar refractivity (Wildman–Crippen MR) is 110 cm³/mol. The lowest BCUT2D eigenvalue weighted by Gasteiger charge is -2.14. The molecule has 9 heteroatoms. The monoisotopic (exact) mass is 414 g/mol. The van der Waals surface area contributed by atoms with Crippen molar-refractivity contribution in [3.63, 3.8) is 0 Å². The zero-order valence-electron chi connectivity index (χ0n) is 17.0. The molecule has 3 aromatic heterocycles. The summed E-state index contributed by atoms with van der Waals surface area (Å²) in [5, 5.41) is 9.04. The number of hydrogen-bond donors (Lipinski definition) is 1. The van der Waals surface area contributed by atoms with E-state index < -0.39 is 10.0 Å². The lowest BCUT2D eigenvalue weighted by molar-refractivity contribution is 0.538. The average molecular weight is 415 g/mol. The summed E-state index contributed by atoms with van der Waals surface area (Å²) in [7, 11) is -1.87. The molecule has 0 saturated carbocycles. The van der Waals surface area contributed by atoms with Gasteiger partial charge in [-0.3, -0.25) is 14.3 Å². The van der Waals surface area contributed by atoms with E-state index >= 15 is 0 Å². The SMILES string of the molecule is Cc1nn(C)c(C)c1S(=O)(=O)NCCn1nc(-c2ccncc2)c2c1CCCC2. The van der Waals surface area contributed by atoms with Gasteiger partial charge in [-0.2, -0.15) is 10.2 Å². The van der Waals surface area contributed by atoms with Gasteiger partial charge in [0.25, 0.3) is 0 Å². The summed E-state index contributed by atoms with van der Waals surface area (Å²) >= 11 is 0. The smallest absolute Gasteiger partial charge is 0.244 e. The maximum absolute atomic E-state index is 12.8. The molecule has 0 fully saturated rings. The Morgan fingerprint density at radius 1 is 1.10 bits per heavy atom. The van der Waals surface area contributed by atoms with Crippen LogP contribution in [0.5, 0.6) is 0 Å². The number of fused-ring (bicyclic) bond motifs is 1. The molecule has 4 rings (SSSR count). The fourth-order valence-corrected chi connectivity index (χ4v) is 5.55. The van der Waals surface area contributed by atoms with Crippen LogP contribution in [0.15, 0.2) is 29.4 Å². The van der Waals surface area contributed by atoms with Crippen LogP contribution in [0.1, 0.15) is 35.5 Å². The fraction of sp³-hybridized carbons (Fsp3) is 0.450. The minimum Gasteiger partial charge on any atom is -0.271 e. The summed E-state index contributed by atoms with van der Waals surface area (Å²) in [6, 6.07) is 3.94. The van der Waals surface area contributed by atoms with E-state index in [-0.39, 0.29) is 11.4 Å². The second-order valence-electron chi connectivity index (χ2n) is 7.46. The van der Waals surface area contributed by atoms with E-state index in [4.69, 9.17) is 5.10 Å². The lowest BCUT2D eigenvalue weighted by atomic mass is 9.94. The normalized spacial score (nSPS) is 14.2. The molecular formula is C20H26N6O2S. The Balaban J connectivity index is 1.55. The minimum atomic E-state index is -3.62. The van der Waals surface area contributed by atoms with Crippen molar-refractivity contribution in [2.75, 3.05) is 6.54 Å². The second-order valence-corrected chi connectivity index (χ2v) is 9.17. The van der Waals surface area contributed by atoms with E-state index in [1.807, 2.05) is 16.8 Å². The molecular weight excluding hydrogens is 388 g/mol. The number of sulfonamides is 1. The molecule has 0 aromatic carbocycles. The quantitative estimate of drug-likeness (QED) is 0.667. The summed E-state index contributed by atoms with van der Waals surface area (Å²) in [5.74, 6) is 0. The standard InChI is InChI=1S/C20H26N6O2S/c1-14-20(15(2)25(3)23-14)29(27,28)22-12-13-26-18-7-5-4-6-17(18)19(24-26)16-8-10-21-11-9-16/h8-11,22H,4-7,12-13H2,1-3H3. The molecule has 3 aromatic rings. The molecule has 3 heterocycles. The third-order valence-corrected chi connectivity index (χ3v) is 7.25. The van der Waals surface area contributed by atoms with Crippen LogP contribution in [0.3, 0.4) is 0 Å². The molecule has 0 bridgehead atoms. The van der Waals surface area contributed by atoms with E-state index in [1.165, 1.54) is 11.3 Å². The van der Waals surface area contributed by atoms with Gasteiger partial charge in [-0.05, 0) is 51.7 Å². The number of aromatic nitrogens is 5. The molecule has 0 saturated heterocycles. The Morgan fingerprint density at radius 3 is 2.52 bits per heavy atom. The van der Waals surface area contributed by atoms with Crippen molar-refractivity contribution in [1.82, 2.24) is 29.3 Å². The van der Waals surface area contributed by atoms with Gasteiger partial charge in [0.1, 0.15) is 4.90 Å². The Bertz CT molecular complexity index is 1130. The molecule has 0 aliphatic heterocycles. The summed E-state index contributed by atoms with van der Waals surface area (Å²) in [6.45, 7) is 4.25. The van der Waals surface area contributed by atoms with Gasteiger partial charge in [0, 0.05) is 42.8 Å². The first-order chi connectivity index (χ1) is 13.9. The number of hydrogen-bond acceptors (Lipinski definition) is 5. The van der Waals surface area contributed by atoms with Gasteiger partial charge in [-0.15, -0.1) is 0 Å². The van der Waals surface area contributed by atoms with Gasteiger partial charge in [-0.25, -0.2) is 13.1 Å². The highest BCUT2D eigenvalue weighted by atomic mass is 32.2. The van der Waals surface area contributed by atoms with Crippen LogP contribution in [0, 0.1) is 13.8 Å². The van der Waals surface area contributed by atoms with Gasteiger partial charge in [0.2, 0.25) is 10.0 Å². The number of nitrogens with one attached hydrogen (secondary N) is 1. The minimum absolute atomic E-state index is 0.264. The predicted octanol–water partition coefficient (Wildman–Crippen LogP) is 2.15. The second kappa shape index (κ2) is 7.72. The molecule has 154 valence electrons. The van der Waals surface area contributed by atoms with Crippen molar-refractivity contribution in [3.8, 4) is 11.3 Å². The number of aryl methyl sites for hydroxylation is 2. The van der Waals surface area contributed by atoms with Crippen molar-refractivity contribution in [3.05, 3.63) is 47.2 Å². The molecule has 1 N–H and O–H groups in total. The van der Waals surface area contributed by atoms with Gasteiger partial charge in [0.15, 0.2) is 0 Å². The van der Waals surface area contributed by atoms with Gasteiger partial charge in [0.05, 0.1) is 23.6 Å². The van der Waals surface area contributed by atoms with Crippen molar-refractivity contribution in [2.45, 2.75) is 51.0 Å². The summed E-state index contributed by atoms with van der Waals surface area (Å²) in [4.78, 5) is 4.36. The highest BCUT2D eigenvalue weighted by molar-refractivity contribution is 7.89. The van der Waals surface area contributed by atoms with Crippen molar-refractivity contribution in [2.24, 2.45) is 7.05 Å². The Kier molecular flexibility index (Phi) is 5.26. The topological polar surface area (TPSA) is 94.7 Å². The molecule has 0 atom stereocenters. The molecule has 1 aliphatic carbocycles. The van der Waals surface area contributed by atoms with E-state index in [0.29, 0.717) is 17.9 Å². The zero-order valence-corrected chi connectivity index (χ0v) is 17.8. The molecule has 8 nitrogen and oxygen atoms in total. The molecule has 0 spiro atoms. The summed E-state index contributed by atoms with van der Waals surface area (Å²) < 4.78 is 31.9. The number of rotatable bonds is 6. The fourth-order valence-electron chi connectivity index (χ4n) is 4.10. The number of nitrogens with zero attached hydrogens (tertiary/aromatic N) is 5. The summed E-state index contributed by atoms with van der Waals surface area (Å²) in [5.41, 5.74) is 5.68. The molecule has 0 unspecified atom stereocenters. The average Bonchev–Trinajstić information content (AvgIpc) is 3.19. The maximum atomic E-state index is 12.8. The van der Waals surface area contributed by atoms with E-state index in [9.17, 15) is 8.42 Å². The maximum Gasteiger partial charge on any atom is 0.244 e. The first-order valence-corrected chi connectivity index (χ1v) is 11.4. The van der Waals surface area contributed by atoms with Crippen LogP contribution in [0.2, 0.25) is 0 Å². The van der Waals surface area contributed by atoms with Gasteiger partial charge < -0.3 is 0 Å². The first kappa shape index (κ1) is 19.8. The largest absolute Gasteiger partial charge is 0.271 e. The Morgan fingerprint density at radius 2 is 1.83 bits per heavy atom. The number of pyridine rings is 1. The van der Waals surface area contributed by atoms with Crippen LogP contribution < -0.4 is 4.72 Å². The van der Waals surface area contributed by atoms with Crippen LogP contribution in [0.25, 0.3) is 11.3 Å². The first-order valence-electron chi connectivity index (χ1n) is 9.87. The Hall–Kier alpha value is -2.52. The molecule has 0 amide bonds. The third-order valence-electron chi connectivity index (χ3n) is 5.54. The lowest BCUT2D eigenvalue weighted by Crippen LogP contribution is -2.29. The Labute approximate surface area is 171 Å². The highest BCUT2D eigenvalue weighted by Crippen LogP contribution is 2.31. The molecule has 29 heavy (non-hydrogen) atoms. The summed E-state index contributed by atoms with van der Waals surface area (Å²) in [6.07, 6.45) is 7.82. The molecule has 1 aliphatic rings. The van der Waals surface area contributed by atoms with Crippen LogP contribution in [-0.2, 0) is 36.5 Å². The van der Waals surface area contributed by atoms with Crippen LogP contribution in [-0.4, -0.2) is 39.5 Å². The van der Waals surface area contributed by atoms with Gasteiger partial charge in [-0.1, -0.05) is 0 Å². The molecule has 0 radical (unpaired) electrons. The highest BCUT2D eigenvalue weighted by Gasteiger charge is 2.25. The van der Waals surface area contributed by atoms with Gasteiger partial charge >= 0.3 is 0 Å². The van der Waals surface area contributed by atoms with Crippen molar-refractivity contribution < 1.29 is 8.42 Å². The van der Waals surface area contributed by atoms with E-state index in [2.05, 4.69) is 14.8 Å². The van der Waals surface area contributed by atoms with Crippen LogP contribution >= 0.6 is 0 Å². The van der Waals surface area contributed by atoms with E-state index in [1.54, 1.807) is 38.0 Å². The third kappa shape index (κ3) is 3.72. The van der Waals surface area contributed by atoms with Crippen LogP contribution in [0.4, 0.5) is 0 Å².